The summed E-state index contributed by atoms with van der Waals surface area (Å²) in [5.74, 6) is 0. The van der Waals surface area contributed by atoms with E-state index < -0.39 is 0 Å². The van der Waals surface area contributed by atoms with Crippen LogP contribution < -0.4 is 5.73 Å². The molecule has 0 unspecified atom stereocenters. The summed E-state index contributed by atoms with van der Waals surface area (Å²) in [5.41, 5.74) is 9.94. The number of benzene rings is 2. The van der Waals surface area contributed by atoms with E-state index in [0.29, 0.717) is 0 Å². The number of aromatic nitrogens is 1. The van der Waals surface area contributed by atoms with Gasteiger partial charge in [-0.2, -0.15) is 0 Å². The van der Waals surface area contributed by atoms with Gasteiger partial charge in [0, 0.05) is 22.3 Å². The number of anilines is 1. The number of aromatic amines is 1. The number of nitrogen functional groups attached to an aromatic ring is 1. The zero-order chi connectivity index (χ0) is 11.0. The second kappa shape index (κ2) is 3.42. The molecule has 78 valence electrons. The molecule has 1 aromatic heterocycles. The number of para-hydroxylation sites is 1. The molecule has 16 heavy (non-hydrogen) atoms. The van der Waals surface area contributed by atoms with Crippen LogP contribution in [0.4, 0.5) is 5.69 Å². The number of rotatable bonds is 1. The minimum Gasteiger partial charge on any atom is -0.399 e. The van der Waals surface area contributed by atoms with Crippen LogP contribution >= 0.6 is 0 Å². The number of fused-ring (bicyclic) bond motifs is 1. The summed E-state index contributed by atoms with van der Waals surface area (Å²) in [6, 6.07) is 18.3. The SMILES string of the molecule is Nc1cccc(-c2cc3ccccc3[nH]2)c1. The Morgan fingerprint density at radius 2 is 1.75 bits per heavy atom. The number of hydrogen-bond donors (Lipinski definition) is 2. The Labute approximate surface area is 93.7 Å². The topological polar surface area (TPSA) is 41.8 Å². The van der Waals surface area contributed by atoms with E-state index in [1.165, 1.54) is 5.39 Å². The summed E-state index contributed by atoms with van der Waals surface area (Å²) >= 11 is 0. The quantitative estimate of drug-likeness (QED) is 0.591. The maximum absolute atomic E-state index is 5.78. The van der Waals surface area contributed by atoms with E-state index in [4.69, 9.17) is 5.73 Å². The lowest BCUT2D eigenvalue weighted by molar-refractivity contribution is 1.45. The van der Waals surface area contributed by atoms with Crippen LogP contribution in [0.25, 0.3) is 22.2 Å². The van der Waals surface area contributed by atoms with Crippen molar-refractivity contribution in [2.24, 2.45) is 0 Å². The van der Waals surface area contributed by atoms with Gasteiger partial charge in [-0.1, -0.05) is 30.3 Å². The van der Waals surface area contributed by atoms with Crippen molar-refractivity contribution >= 4 is 16.6 Å². The van der Waals surface area contributed by atoms with Crippen molar-refractivity contribution in [3.05, 3.63) is 54.6 Å². The van der Waals surface area contributed by atoms with Crippen LogP contribution in [0.1, 0.15) is 0 Å². The highest BCUT2D eigenvalue weighted by atomic mass is 14.7. The first-order valence-corrected chi connectivity index (χ1v) is 5.26. The Morgan fingerprint density at radius 3 is 2.56 bits per heavy atom. The van der Waals surface area contributed by atoms with Gasteiger partial charge in [-0.15, -0.1) is 0 Å². The van der Waals surface area contributed by atoms with Crippen LogP contribution in [0.2, 0.25) is 0 Å². The first-order chi connectivity index (χ1) is 7.83. The summed E-state index contributed by atoms with van der Waals surface area (Å²) in [6.45, 7) is 0. The molecule has 3 aromatic rings. The highest BCUT2D eigenvalue weighted by Crippen LogP contribution is 2.24. The van der Waals surface area contributed by atoms with Crippen molar-refractivity contribution < 1.29 is 0 Å². The lowest BCUT2D eigenvalue weighted by atomic mass is 10.1. The maximum atomic E-state index is 5.78. The highest BCUT2D eigenvalue weighted by Gasteiger charge is 2.02. The van der Waals surface area contributed by atoms with Gasteiger partial charge in [-0.05, 0) is 29.8 Å². The van der Waals surface area contributed by atoms with Gasteiger partial charge in [-0.25, -0.2) is 0 Å². The maximum Gasteiger partial charge on any atom is 0.0465 e. The molecule has 2 heteroatoms. The van der Waals surface area contributed by atoms with Gasteiger partial charge >= 0.3 is 0 Å². The van der Waals surface area contributed by atoms with Crippen molar-refractivity contribution in [2.45, 2.75) is 0 Å². The molecule has 2 aromatic carbocycles. The normalized spacial score (nSPS) is 10.8. The molecule has 0 aliphatic heterocycles. The number of H-pyrrole nitrogens is 1. The third-order valence-corrected chi connectivity index (χ3v) is 2.73. The van der Waals surface area contributed by atoms with Crippen LogP contribution in [0.15, 0.2) is 54.6 Å². The van der Waals surface area contributed by atoms with Gasteiger partial charge < -0.3 is 10.7 Å². The van der Waals surface area contributed by atoms with Crippen LogP contribution in [0.5, 0.6) is 0 Å². The standard InChI is InChI=1S/C14H12N2/c15-12-6-3-5-10(8-12)14-9-11-4-1-2-7-13(11)16-14/h1-9,16H,15H2. The molecule has 0 aliphatic rings. The fourth-order valence-corrected chi connectivity index (χ4v) is 1.94. The van der Waals surface area contributed by atoms with E-state index in [2.05, 4.69) is 29.2 Å². The molecule has 1 heterocycles. The molecule has 0 radical (unpaired) electrons. The zero-order valence-corrected chi connectivity index (χ0v) is 8.77. The summed E-state index contributed by atoms with van der Waals surface area (Å²) in [4.78, 5) is 3.38. The van der Waals surface area contributed by atoms with E-state index in [-0.39, 0.29) is 0 Å². The van der Waals surface area contributed by atoms with Crippen molar-refractivity contribution in [3.8, 4) is 11.3 Å². The van der Waals surface area contributed by atoms with E-state index >= 15 is 0 Å². The molecule has 2 nitrogen and oxygen atoms in total. The fraction of sp³-hybridized carbons (Fsp3) is 0. The molecule has 0 amide bonds. The predicted octanol–water partition coefficient (Wildman–Crippen LogP) is 3.42. The van der Waals surface area contributed by atoms with Crippen molar-refractivity contribution in [1.82, 2.24) is 4.98 Å². The monoisotopic (exact) mass is 208 g/mol. The van der Waals surface area contributed by atoms with E-state index in [1.54, 1.807) is 0 Å². The van der Waals surface area contributed by atoms with E-state index in [0.717, 1.165) is 22.5 Å². The first-order valence-electron chi connectivity index (χ1n) is 5.26. The van der Waals surface area contributed by atoms with Crippen LogP contribution in [0, 0.1) is 0 Å². The Kier molecular flexibility index (Phi) is 1.93. The Hall–Kier alpha value is -2.22. The highest BCUT2D eigenvalue weighted by molar-refractivity contribution is 5.86. The average molecular weight is 208 g/mol. The summed E-state index contributed by atoms with van der Waals surface area (Å²) < 4.78 is 0. The van der Waals surface area contributed by atoms with Gasteiger partial charge in [0.25, 0.3) is 0 Å². The van der Waals surface area contributed by atoms with Crippen LogP contribution in [-0.2, 0) is 0 Å². The number of nitrogens with two attached hydrogens (primary N) is 1. The van der Waals surface area contributed by atoms with Gasteiger partial charge in [0.05, 0.1) is 0 Å². The molecule has 0 fully saturated rings. The van der Waals surface area contributed by atoms with Crippen molar-refractivity contribution in [3.63, 3.8) is 0 Å². The number of nitrogens with one attached hydrogen (secondary N) is 1. The van der Waals surface area contributed by atoms with Gasteiger partial charge in [0.1, 0.15) is 0 Å². The third kappa shape index (κ3) is 1.44. The van der Waals surface area contributed by atoms with Gasteiger partial charge in [0.15, 0.2) is 0 Å². The van der Waals surface area contributed by atoms with Crippen molar-refractivity contribution in [2.75, 3.05) is 5.73 Å². The molecule has 0 saturated heterocycles. The van der Waals surface area contributed by atoms with Crippen LogP contribution in [-0.4, -0.2) is 4.98 Å². The lowest BCUT2D eigenvalue weighted by Gasteiger charge is -1.98. The van der Waals surface area contributed by atoms with Gasteiger partial charge in [-0.3, -0.25) is 0 Å². The molecular weight excluding hydrogens is 196 g/mol. The average Bonchev–Trinajstić information content (AvgIpc) is 2.72. The molecule has 3 N–H and O–H groups in total. The summed E-state index contributed by atoms with van der Waals surface area (Å²) in [5, 5.41) is 1.22. The second-order valence-corrected chi connectivity index (χ2v) is 3.90. The summed E-state index contributed by atoms with van der Waals surface area (Å²) in [7, 11) is 0. The van der Waals surface area contributed by atoms with Gasteiger partial charge in [0.2, 0.25) is 0 Å². The van der Waals surface area contributed by atoms with Crippen molar-refractivity contribution in [1.29, 1.82) is 0 Å². The minimum absolute atomic E-state index is 0.788. The third-order valence-electron chi connectivity index (χ3n) is 2.73. The smallest absolute Gasteiger partial charge is 0.0465 e. The molecule has 0 aliphatic carbocycles. The Morgan fingerprint density at radius 1 is 0.875 bits per heavy atom. The predicted molar refractivity (Wildman–Crippen MR) is 68.1 cm³/mol. The molecule has 0 spiro atoms. The molecule has 0 saturated carbocycles. The van der Waals surface area contributed by atoms with E-state index in [9.17, 15) is 0 Å². The minimum atomic E-state index is 0.788. The summed E-state index contributed by atoms with van der Waals surface area (Å²) in [6.07, 6.45) is 0. The largest absolute Gasteiger partial charge is 0.399 e. The lowest BCUT2D eigenvalue weighted by Crippen LogP contribution is -1.84. The first kappa shape index (κ1) is 9.04. The fourth-order valence-electron chi connectivity index (χ4n) is 1.94. The molecular formula is C14H12N2. The molecule has 0 atom stereocenters. The number of hydrogen-bond acceptors (Lipinski definition) is 1. The molecule has 0 bridgehead atoms. The Bertz CT molecular complexity index is 605. The Balaban J connectivity index is 2.19. The zero-order valence-electron chi connectivity index (χ0n) is 8.77. The van der Waals surface area contributed by atoms with E-state index in [1.807, 2.05) is 30.3 Å². The second-order valence-electron chi connectivity index (χ2n) is 3.90. The molecule has 3 rings (SSSR count). The van der Waals surface area contributed by atoms with Crippen LogP contribution in [0.3, 0.4) is 0 Å².